The highest BCUT2D eigenvalue weighted by Crippen LogP contribution is 2.30. The third kappa shape index (κ3) is 4.82. The Bertz CT molecular complexity index is 429. The minimum Gasteiger partial charge on any atom is -0.309 e. The highest BCUT2D eigenvalue weighted by atomic mass is 15.2. The van der Waals surface area contributed by atoms with Crippen LogP contribution in [0.5, 0.6) is 0 Å². The molecular formula is C19H32N2. The maximum atomic E-state index is 3.75. The molecule has 0 radical (unpaired) electrons. The van der Waals surface area contributed by atoms with E-state index in [-0.39, 0.29) is 0 Å². The van der Waals surface area contributed by atoms with Crippen LogP contribution < -0.4 is 5.32 Å². The second-order valence-corrected chi connectivity index (χ2v) is 7.33. The number of hydrogen-bond acceptors (Lipinski definition) is 2. The highest BCUT2D eigenvalue weighted by Gasteiger charge is 2.27. The summed E-state index contributed by atoms with van der Waals surface area (Å²) < 4.78 is 0. The van der Waals surface area contributed by atoms with Crippen LogP contribution in [0.2, 0.25) is 0 Å². The van der Waals surface area contributed by atoms with Gasteiger partial charge >= 0.3 is 0 Å². The van der Waals surface area contributed by atoms with Gasteiger partial charge in [-0.2, -0.15) is 0 Å². The zero-order chi connectivity index (χ0) is 15.3. The van der Waals surface area contributed by atoms with Crippen molar-refractivity contribution in [3.05, 3.63) is 35.4 Å². The zero-order valence-electron chi connectivity index (χ0n) is 14.3. The van der Waals surface area contributed by atoms with Crippen molar-refractivity contribution in [1.82, 2.24) is 10.2 Å². The van der Waals surface area contributed by atoms with Crippen LogP contribution in [0.1, 0.15) is 57.2 Å². The lowest BCUT2D eigenvalue weighted by Gasteiger charge is -2.38. The summed E-state index contributed by atoms with van der Waals surface area (Å²) in [5.74, 6) is 0. The van der Waals surface area contributed by atoms with Gasteiger partial charge in [0.25, 0.3) is 0 Å². The van der Waals surface area contributed by atoms with Crippen LogP contribution in [0.4, 0.5) is 0 Å². The molecule has 118 valence electrons. The molecule has 1 aromatic carbocycles. The molecule has 2 nitrogen and oxygen atoms in total. The summed E-state index contributed by atoms with van der Waals surface area (Å²) in [5, 5.41) is 3.75. The van der Waals surface area contributed by atoms with Crippen LogP contribution in [0.3, 0.4) is 0 Å². The van der Waals surface area contributed by atoms with Crippen molar-refractivity contribution in [3.63, 3.8) is 0 Å². The average Bonchev–Trinajstić information content (AvgIpc) is 2.46. The molecule has 0 spiro atoms. The maximum Gasteiger partial charge on any atom is 0.0451 e. The van der Waals surface area contributed by atoms with Gasteiger partial charge in [-0.3, -0.25) is 0 Å². The summed E-state index contributed by atoms with van der Waals surface area (Å²) >= 11 is 0. The molecule has 1 atom stereocenters. The molecule has 0 saturated carbocycles. The third-order valence-corrected chi connectivity index (χ3v) is 4.86. The van der Waals surface area contributed by atoms with Crippen molar-refractivity contribution < 1.29 is 0 Å². The predicted molar refractivity (Wildman–Crippen MR) is 91.7 cm³/mol. The fraction of sp³-hybridized carbons (Fsp3) is 0.684. The fourth-order valence-corrected chi connectivity index (χ4v) is 3.17. The Morgan fingerprint density at radius 2 is 1.86 bits per heavy atom. The Balaban J connectivity index is 2.02. The van der Waals surface area contributed by atoms with Crippen LogP contribution in [-0.2, 0) is 0 Å². The molecule has 2 heteroatoms. The first-order valence-corrected chi connectivity index (χ1v) is 8.53. The van der Waals surface area contributed by atoms with Crippen molar-refractivity contribution in [1.29, 1.82) is 0 Å². The van der Waals surface area contributed by atoms with Gasteiger partial charge < -0.3 is 10.2 Å². The minimum absolute atomic E-state index is 0.465. The number of nitrogens with one attached hydrogen (secondary N) is 1. The van der Waals surface area contributed by atoms with Gasteiger partial charge in [-0.25, -0.2) is 0 Å². The van der Waals surface area contributed by atoms with Gasteiger partial charge in [0.2, 0.25) is 0 Å². The van der Waals surface area contributed by atoms with Crippen molar-refractivity contribution in [2.24, 2.45) is 5.41 Å². The first kappa shape index (κ1) is 16.5. The van der Waals surface area contributed by atoms with Crippen LogP contribution in [0, 0.1) is 12.3 Å². The van der Waals surface area contributed by atoms with E-state index in [1.54, 1.807) is 0 Å². The molecule has 0 aliphatic carbocycles. The lowest BCUT2D eigenvalue weighted by molar-refractivity contribution is 0.122. The summed E-state index contributed by atoms with van der Waals surface area (Å²) in [7, 11) is 0. The van der Waals surface area contributed by atoms with Crippen LogP contribution in [0.15, 0.2) is 24.3 Å². The molecule has 1 aliphatic heterocycles. The topological polar surface area (TPSA) is 15.3 Å². The Morgan fingerprint density at radius 3 is 2.48 bits per heavy atom. The van der Waals surface area contributed by atoms with E-state index in [9.17, 15) is 0 Å². The minimum atomic E-state index is 0.465. The van der Waals surface area contributed by atoms with Gasteiger partial charge in [0.1, 0.15) is 0 Å². The van der Waals surface area contributed by atoms with Crippen LogP contribution >= 0.6 is 0 Å². The Kier molecular flexibility index (Phi) is 5.83. The molecule has 1 heterocycles. The van der Waals surface area contributed by atoms with Crippen molar-refractivity contribution >= 4 is 0 Å². The number of aryl methyl sites for hydroxylation is 1. The molecule has 1 aliphatic rings. The van der Waals surface area contributed by atoms with E-state index in [4.69, 9.17) is 0 Å². The molecule has 2 rings (SSSR count). The van der Waals surface area contributed by atoms with Gasteiger partial charge in [0.15, 0.2) is 0 Å². The van der Waals surface area contributed by atoms with Gasteiger partial charge in [-0.1, -0.05) is 45.0 Å². The molecule has 0 bridgehead atoms. The first-order valence-electron chi connectivity index (χ1n) is 8.53. The van der Waals surface area contributed by atoms with E-state index in [0.717, 1.165) is 13.1 Å². The molecule has 1 N–H and O–H groups in total. The van der Waals surface area contributed by atoms with E-state index >= 15 is 0 Å². The smallest absolute Gasteiger partial charge is 0.0451 e. The number of likely N-dealkylation sites (tertiary alicyclic amines) is 1. The van der Waals surface area contributed by atoms with E-state index in [2.05, 4.69) is 62.2 Å². The van der Waals surface area contributed by atoms with Crippen molar-refractivity contribution in [2.75, 3.05) is 26.2 Å². The Hall–Kier alpha value is -0.860. The number of rotatable bonds is 6. The molecule has 0 aromatic heterocycles. The van der Waals surface area contributed by atoms with Gasteiger partial charge in [0.05, 0.1) is 0 Å². The number of nitrogens with zero attached hydrogens (tertiary/aromatic N) is 1. The number of piperidine rings is 1. The molecule has 1 fully saturated rings. The van der Waals surface area contributed by atoms with Gasteiger partial charge in [-0.15, -0.1) is 0 Å². The normalized spacial score (nSPS) is 20.4. The monoisotopic (exact) mass is 288 g/mol. The lowest BCUT2D eigenvalue weighted by atomic mass is 9.82. The summed E-state index contributed by atoms with van der Waals surface area (Å²) in [4.78, 5) is 2.64. The fourth-order valence-electron chi connectivity index (χ4n) is 3.17. The van der Waals surface area contributed by atoms with Crippen LogP contribution in [0.25, 0.3) is 0 Å². The average molecular weight is 288 g/mol. The highest BCUT2D eigenvalue weighted by molar-refractivity contribution is 5.29. The standard InChI is InChI=1S/C19H32N2/c1-5-12-20-18(17-9-7-6-8-16(17)2)15-21-13-10-19(3,4)11-14-21/h6-9,18,20H,5,10-15H2,1-4H3. The largest absolute Gasteiger partial charge is 0.309 e. The number of hydrogen-bond donors (Lipinski definition) is 1. The second kappa shape index (κ2) is 7.42. The van der Waals surface area contributed by atoms with E-state index in [1.165, 1.54) is 43.5 Å². The molecule has 1 aromatic rings. The quantitative estimate of drug-likeness (QED) is 0.845. The second-order valence-electron chi connectivity index (χ2n) is 7.33. The van der Waals surface area contributed by atoms with Gasteiger partial charge in [-0.05, 0) is 62.4 Å². The summed E-state index contributed by atoms with van der Waals surface area (Å²) in [6.45, 7) is 14.0. The van der Waals surface area contributed by atoms with E-state index in [0.29, 0.717) is 11.5 Å². The Morgan fingerprint density at radius 1 is 1.19 bits per heavy atom. The molecule has 0 amide bonds. The van der Waals surface area contributed by atoms with Crippen LogP contribution in [-0.4, -0.2) is 31.1 Å². The van der Waals surface area contributed by atoms with E-state index in [1.807, 2.05) is 0 Å². The lowest BCUT2D eigenvalue weighted by Crippen LogP contribution is -2.42. The van der Waals surface area contributed by atoms with Crippen molar-refractivity contribution in [2.45, 2.75) is 53.0 Å². The predicted octanol–water partition coefficient (Wildman–Crippen LogP) is 4.16. The van der Waals surface area contributed by atoms with Crippen molar-refractivity contribution in [3.8, 4) is 0 Å². The van der Waals surface area contributed by atoms with Gasteiger partial charge in [0, 0.05) is 12.6 Å². The summed E-state index contributed by atoms with van der Waals surface area (Å²) in [6, 6.07) is 9.29. The summed E-state index contributed by atoms with van der Waals surface area (Å²) in [6.07, 6.45) is 3.83. The summed E-state index contributed by atoms with van der Waals surface area (Å²) in [5.41, 5.74) is 3.41. The number of benzene rings is 1. The molecule has 1 saturated heterocycles. The zero-order valence-corrected chi connectivity index (χ0v) is 14.3. The Labute approximate surface area is 130 Å². The first-order chi connectivity index (χ1) is 10.0. The molecular weight excluding hydrogens is 256 g/mol. The molecule has 1 unspecified atom stereocenters. The third-order valence-electron chi connectivity index (χ3n) is 4.86. The molecule has 21 heavy (non-hydrogen) atoms. The SMILES string of the molecule is CCCNC(CN1CCC(C)(C)CC1)c1ccccc1C. The maximum absolute atomic E-state index is 3.75. The van der Waals surface area contributed by atoms with E-state index < -0.39 is 0 Å².